The molecule has 0 fully saturated rings. The molecule has 254 valence electrons. The topological polar surface area (TPSA) is 186 Å². The Morgan fingerprint density at radius 2 is 1.33 bits per heavy atom. The van der Waals surface area contributed by atoms with Crippen molar-refractivity contribution in [3.05, 3.63) is 48.0 Å². The first-order valence-corrected chi connectivity index (χ1v) is 16.5. The number of carbonyl (C=O) groups excluding carboxylic acids is 5. The highest BCUT2D eigenvalue weighted by Crippen LogP contribution is 2.18. The third kappa shape index (κ3) is 12.1. The van der Waals surface area contributed by atoms with E-state index in [9.17, 15) is 24.0 Å². The molecular weight excluding hydrogens is 584 g/mol. The van der Waals surface area contributed by atoms with Crippen LogP contribution in [0.4, 0.5) is 0 Å². The molecule has 2 rings (SSSR count). The fourth-order valence-electron chi connectivity index (χ4n) is 5.12. The number of carbonyl (C=O) groups is 5. The summed E-state index contributed by atoms with van der Waals surface area (Å²) in [6.07, 6.45) is 2.64. The molecule has 0 radical (unpaired) electrons. The van der Waals surface area contributed by atoms with Gasteiger partial charge >= 0.3 is 0 Å². The second-order valence-electron chi connectivity index (χ2n) is 12.9. The van der Waals surface area contributed by atoms with Crippen molar-refractivity contribution in [3.8, 4) is 0 Å². The summed E-state index contributed by atoms with van der Waals surface area (Å²) in [5.74, 6) is -3.04. The Morgan fingerprint density at radius 1 is 0.717 bits per heavy atom. The second-order valence-corrected chi connectivity index (χ2v) is 12.9. The van der Waals surface area contributed by atoms with Gasteiger partial charge in [-0.3, -0.25) is 24.0 Å². The maximum atomic E-state index is 13.8. The number of unbranched alkanes of at least 4 members (excludes halogenated alkanes) is 1. The second kappa shape index (κ2) is 18.9. The molecule has 0 saturated heterocycles. The number of amides is 5. The van der Waals surface area contributed by atoms with Crippen LogP contribution in [0.5, 0.6) is 0 Å². The highest BCUT2D eigenvalue weighted by Gasteiger charge is 2.33. The molecule has 0 spiro atoms. The van der Waals surface area contributed by atoms with Crippen LogP contribution in [0, 0.1) is 17.8 Å². The van der Waals surface area contributed by atoms with Crippen LogP contribution in [0.1, 0.15) is 79.2 Å². The van der Waals surface area contributed by atoms with E-state index < -0.39 is 47.8 Å². The maximum Gasteiger partial charge on any atom is 0.243 e. The minimum Gasteiger partial charge on any atom is -0.368 e. The lowest BCUT2D eigenvalue weighted by atomic mass is 9.96. The van der Waals surface area contributed by atoms with Crippen molar-refractivity contribution in [2.75, 3.05) is 6.54 Å². The predicted octanol–water partition coefficient (Wildman–Crippen LogP) is 2.68. The number of nitrogens with one attached hydrogen (secondary N) is 4. The third-order valence-corrected chi connectivity index (χ3v) is 8.15. The zero-order valence-corrected chi connectivity index (χ0v) is 28.2. The van der Waals surface area contributed by atoms with E-state index in [2.05, 4.69) is 21.3 Å². The lowest BCUT2D eigenvalue weighted by Crippen LogP contribution is -2.60. The molecule has 8 N–H and O–H groups in total. The number of fused-ring (bicyclic) bond motifs is 1. The summed E-state index contributed by atoms with van der Waals surface area (Å²) in [4.78, 5) is 65.7. The summed E-state index contributed by atoms with van der Waals surface area (Å²) >= 11 is 0. The summed E-state index contributed by atoms with van der Waals surface area (Å²) < 4.78 is 0. The third-order valence-electron chi connectivity index (χ3n) is 8.15. The van der Waals surface area contributed by atoms with Crippen molar-refractivity contribution in [1.29, 1.82) is 0 Å². The van der Waals surface area contributed by atoms with Gasteiger partial charge in [-0.25, -0.2) is 0 Å². The van der Waals surface area contributed by atoms with Crippen molar-refractivity contribution in [2.45, 2.75) is 104 Å². The molecule has 11 heteroatoms. The van der Waals surface area contributed by atoms with Gasteiger partial charge < -0.3 is 32.7 Å². The number of nitrogens with two attached hydrogens (primary N) is 2. The van der Waals surface area contributed by atoms with Gasteiger partial charge in [0.25, 0.3) is 0 Å². The smallest absolute Gasteiger partial charge is 0.243 e. The van der Waals surface area contributed by atoms with Gasteiger partial charge in [0.15, 0.2) is 0 Å². The molecule has 2 aromatic carbocycles. The van der Waals surface area contributed by atoms with Crippen LogP contribution in [-0.2, 0) is 30.4 Å². The highest BCUT2D eigenvalue weighted by atomic mass is 16.2. The standard InChI is InChI=1S/C35H54N6O5/c1-7-23(6)30(35(46)38-27(14-10-11-17-36)33(44)39-28(31(37)42)18-21(2)3)41-34(45)29(40-32(43)22(4)5)20-24-15-16-25-12-8-9-13-26(25)19-24/h8-9,12-13,15-16,19,21-23,27-30H,7,10-11,14,17-18,20,36H2,1-6H3,(H2,37,42)(H,38,46)(H,39,44)(H,40,43)(H,41,45)/t23-,27-,28-,29-,30-/m0/s1. The van der Waals surface area contributed by atoms with Crippen molar-refractivity contribution >= 4 is 40.3 Å². The largest absolute Gasteiger partial charge is 0.368 e. The van der Waals surface area contributed by atoms with Gasteiger partial charge in [-0.05, 0) is 60.4 Å². The zero-order valence-electron chi connectivity index (χ0n) is 28.2. The van der Waals surface area contributed by atoms with E-state index in [0.717, 1.165) is 16.3 Å². The van der Waals surface area contributed by atoms with E-state index in [1.807, 2.05) is 70.2 Å². The van der Waals surface area contributed by atoms with E-state index >= 15 is 0 Å². The summed E-state index contributed by atoms with van der Waals surface area (Å²) in [5, 5.41) is 13.3. The summed E-state index contributed by atoms with van der Waals surface area (Å²) in [7, 11) is 0. The minimum atomic E-state index is -0.986. The fourth-order valence-corrected chi connectivity index (χ4v) is 5.12. The number of primary amides is 1. The Bertz CT molecular complexity index is 1330. The van der Waals surface area contributed by atoms with Crippen LogP contribution in [0.3, 0.4) is 0 Å². The van der Waals surface area contributed by atoms with E-state index in [1.165, 1.54) is 0 Å². The molecule has 0 heterocycles. The van der Waals surface area contributed by atoms with E-state index in [-0.39, 0.29) is 36.5 Å². The first-order valence-electron chi connectivity index (χ1n) is 16.5. The first-order chi connectivity index (χ1) is 21.8. The van der Waals surface area contributed by atoms with Crippen molar-refractivity contribution in [1.82, 2.24) is 21.3 Å². The van der Waals surface area contributed by atoms with Gasteiger partial charge in [-0.1, -0.05) is 90.4 Å². The van der Waals surface area contributed by atoms with Crippen molar-refractivity contribution < 1.29 is 24.0 Å². The quantitative estimate of drug-likeness (QED) is 0.128. The molecule has 11 nitrogen and oxygen atoms in total. The zero-order chi connectivity index (χ0) is 34.4. The van der Waals surface area contributed by atoms with Crippen LogP contribution < -0.4 is 32.7 Å². The lowest BCUT2D eigenvalue weighted by molar-refractivity contribution is -0.135. The van der Waals surface area contributed by atoms with Gasteiger partial charge in [0.2, 0.25) is 29.5 Å². The molecule has 46 heavy (non-hydrogen) atoms. The maximum absolute atomic E-state index is 13.8. The number of hydrogen-bond acceptors (Lipinski definition) is 6. The van der Waals surface area contributed by atoms with Crippen LogP contribution in [0.25, 0.3) is 10.8 Å². The molecular formula is C35H54N6O5. The lowest BCUT2D eigenvalue weighted by Gasteiger charge is -2.29. The summed E-state index contributed by atoms with van der Waals surface area (Å²) in [5.41, 5.74) is 12.1. The Balaban J connectivity index is 2.31. The molecule has 0 bridgehead atoms. The van der Waals surface area contributed by atoms with E-state index in [0.29, 0.717) is 32.2 Å². The highest BCUT2D eigenvalue weighted by molar-refractivity contribution is 5.95. The van der Waals surface area contributed by atoms with Crippen LogP contribution in [-0.4, -0.2) is 60.2 Å². The minimum absolute atomic E-state index is 0.104. The monoisotopic (exact) mass is 638 g/mol. The number of rotatable bonds is 19. The Morgan fingerprint density at radius 3 is 1.91 bits per heavy atom. The summed E-state index contributed by atoms with van der Waals surface area (Å²) in [6, 6.07) is 9.98. The molecule has 0 aromatic heterocycles. The van der Waals surface area contributed by atoms with Gasteiger partial charge in [0, 0.05) is 12.3 Å². The number of benzene rings is 2. The Labute approximate surface area is 273 Å². The normalized spacial score (nSPS) is 14.6. The SMILES string of the molecule is CC[C@H](C)[C@H](NC(=O)[C@H](Cc1ccc2ccccc2c1)NC(=O)C(C)C)C(=O)N[C@@H](CCCCN)C(=O)N[C@@H](CC(C)C)C(N)=O. The first kappa shape index (κ1) is 38.2. The van der Waals surface area contributed by atoms with Gasteiger partial charge in [-0.15, -0.1) is 0 Å². The van der Waals surface area contributed by atoms with Crippen LogP contribution in [0.15, 0.2) is 42.5 Å². The molecule has 2 aromatic rings. The van der Waals surface area contributed by atoms with Gasteiger partial charge in [0.05, 0.1) is 0 Å². The molecule has 0 aliphatic rings. The average molecular weight is 639 g/mol. The molecule has 0 unspecified atom stereocenters. The van der Waals surface area contributed by atoms with Crippen LogP contribution in [0.2, 0.25) is 0 Å². The predicted molar refractivity (Wildman–Crippen MR) is 181 cm³/mol. The number of hydrogen-bond donors (Lipinski definition) is 6. The van der Waals surface area contributed by atoms with E-state index in [4.69, 9.17) is 11.5 Å². The Hall–Kier alpha value is -3.99. The fraction of sp³-hybridized carbons (Fsp3) is 0.571. The van der Waals surface area contributed by atoms with E-state index in [1.54, 1.807) is 13.8 Å². The molecule has 5 amide bonds. The van der Waals surface area contributed by atoms with Crippen LogP contribution >= 0.6 is 0 Å². The Kier molecular flexibility index (Phi) is 15.7. The molecule has 5 atom stereocenters. The van der Waals surface area contributed by atoms with Gasteiger partial charge in [-0.2, -0.15) is 0 Å². The van der Waals surface area contributed by atoms with Crippen molar-refractivity contribution in [2.24, 2.45) is 29.2 Å². The van der Waals surface area contributed by atoms with Crippen molar-refractivity contribution in [3.63, 3.8) is 0 Å². The average Bonchev–Trinajstić information content (AvgIpc) is 3.01. The van der Waals surface area contributed by atoms with Gasteiger partial charge in [0.1, 0.15) is 24.2 Å². The molecule has 0 saturated carbocycles. The molecule has 0 aliphatic carbocycles. The molecule has 0 aliphatic heterocycles. The summed E-state index contributed by atoms with van der Waals surface area (Å²) in [6.45, 7) is 11.5.